The van der Waals surface area contributed by atoms with Gasteiger partial charge in [-0.15, -0.1) is 0 Å². The lowest BCUT2D eigenvalue weighted by molar-refractivity contribution is 0.0988. The van der Waals surface area contributed by atoms with E-state index in [0.29, 0.717) is 0 Å². The standard InChI is InChI=1S/C26H57N3O/c1-6-7-8-9-10-11-12-13-14-15-16-17-20-26(30)25-29(23-18-21-27(2)3)24-19-22-28(4)5/h26,30H,6-25H2,1-5H3. The van der Waals surface area contributed by atoms with E-state index in [1.165, 1.54) is 89.9 Å². The van der Waals surface area contributed by atoms with Crippen LogP contribution in [0.25, 0.3) is 0 Å². The fourth-order valence-electron chi connectivity index (χ4n) is 4.13. The maximum atomic E-state index is 10.5. The van der Waals surface area contributed by atoms with E-state index < -0.39 is 0 Å². The molecule has 4 heteroatoms. The first-order valence-electron chi connectivity index (χ1n) is 13.2. The Morgan fingerprint density at radius 3 is 1.33 bits per heavy atom. The molecule has 0 aromatic rings. The lowest BCUT2D eigenvalue weighted by Gasteiger charge is -2.26. The predicted molar refractivity (Wildman–Crippen MR) is 134 cm³/mol. The van der Waals surface area contributed by atoms with Gasteiger partial charge in [0, 0.05) is 6.54 Å². The van der Waals surface area contributed by atoms with Gasteiger partial charge in [0.25, 0.3) is 0 Å². The summed E-state index contributed by atoms with van der Waals surface area (Å²) in [4.78, 5) is 6.99. The fraction of sp³-hybridized carbons (Fsp3) is 1.00. The summed E-state index contributed by atoms with van der Waals surface area (Å²) >= 11 is 0. The molecule has 0 aliphatic carbocycles. The number of rotatable bonds is 23. The van der Waals surface area contributed by atoms with Crippen molar-refractivity contribution in [3.8, 4) is 0 Å². The molecule has 1 atom stereocenters. The quantitative estimate of drug-likeness (QED) is 0.214. The number of hydrogen-bond acceptors (Lipinski definition) is 4. The molecule has 0 bridgehead atoms. The molecule has 0 fully saturated rings. The zero-order valence-electron chi connectivity index (χ0n) is 21.5. The van der Waals surface area contributed by atoms with Gasteiger partial charge in [-0.1, -0.05) is 84.0 Å². The highest BCUT2D eigenvalue weighted by atomic mass is 16.3. The molecule has 30 heavy (non-hydrogen) atoms. The Kier molecular flexibility index (Phi) is 21.9. The smallest absolute Gasteiger partial charge is 0.0667 e. The van der Waals surface area contributed by atoms with Crippen molar-refractivity contribution in [3.05, 3.63) is 0 Å². The van der Waals surface area contributed by atoms with Crippen LogP contribution in [0.4, 0.5) is 0 Å². The largest absolute Gasteiger partial charge is 0.392 e. The van der Waals surface area contributed by atoms with Gasteiger partial charge in [0.2, 0.25) is 0 Å². The van der Waals surface area contributed by atoms with Crippen LogP contribution in [0.15, 0.2) is 0 Å². The van der Waals surface area contributed by atoms with Gasteiger partial charge in [0.15, 0.2) is 0 Å². The minimum Gasteiger partial charge on any atom is -0.392 e. The monoisotopic (exact) mass is 427 g/mol. The second-order valence-electron chi connectivity index (χ2n) is 9.95. The molecule has 1 unspecified atom stereocenters. The molecule has 0 spiro atoms. The third kappa shape index (κ3) is 22.5. The third-order valence-corrected chi connectivity index (χ3v) is 6.02. The van der Waals surface area contributed by atoms with Crippen molar-refractivity contribution in [2.24, 2.45) is 0 Å². The van der Waals surface area contributed by atoms with Gasteiger partial charge < -0.3 is 19.8 Å². The molecular weight excluding hydrogens is 370 g/mol. The van der Waals surface area contributed by atoms with Gasteiger partial charge in [-0.2, -0.15) is 0 Å². The molecule has 0 heterocycles. The average molecular weight is 428 g/mol. The van der Waals surface area contributed by atoms with E-state index in [4.69, 9.17) is 0 Å². The van der Waals surface area contributed by atoms with Gasteiger partial charge in [0.1, 0.15) is 0 Å². The Balaban J connectivity index is 3.74. The molecule has 0 aromatic carbocycles. The van der Waals surface area contributed by atoms with E-state index in [2.05, 4.69) is 49.8 Å². The summed E-state index contributed by atoms with van der Waals surface area (Å²) in [5.41, 5.74) is 0. The van der Waals surface area contributed by atoms with Crippen LogP contribution in [0, 0.1) is 0 Å². The Bertz CT molecular complexity index is 322. The van der Waals surface area contributed by atoms with Crippen LogP contribution in [-0.2, 0) is 0 Å². The van der Waals surface area contributed by atoms with E-state index in [0.717, 1.165) is 39.1 Å². The first-order valence-corrected chi connectivity index (χ1v) is 13.2. The van der Waals surface area contributed by atoms with E-state index >= 15 is 0 Å². The molecule has 182 valence electrons. The Morgan fingerprint density at radius 1 is 0.533 bits per heavy atom. The van der Waals surface area contributed by atoms with E-state index in [9.17, 15) is 5.11 Å². The number of aliphatic hydroxyl groups excluding tert-OH is 1. The highest BCUT2D eigenvalue weighted by Gasteiger charge is 2.12. The Hall–Kier alpha value is -0.160. The van der Waals surface area contributed by atoms with Gasteiger partial charge >= 0.3 is 0 Å². The van der Waals surface area contributed by atoms with Crippen LogP contribution in [-0.4, -0.2) is 86.8 Å². The first-order chi connectivity index (χ1) is 14.5. The lowest BCUT2D eigenvalue weighted by atomic mass is 10.0. The predicted octanol–water partition coefficient (Wildman–Crippen LogP) is 5.64. The number of aliphatic hydroxyl groups is 1. The molecule has 0 saturated heterocycles. The normalized spacial score (nSPS) is 13.1. The van der Waals surface area contributed by atoms with Crippen LogP contribution < -0.4 is 0 Å². The van der Waals surface area contributed by atoms with Crippen molar-refractivity contribution in [1.82, 2.24) is 14.7 Å². The summed E-state index contributed by atoms with van der Waals surface area (Å²) in [7, 11) is 8.55. The lowest BCUT2D eigenvalue weighted by Crippen LogP contribution is -2.36. The van der Waals surface area contributed by atoms with Gasteiger partial charge in [-0.05, 0) is 73.6 Å². The van der Waals surface area contributed by atoms with E-state index in [1.54, 1.807) is 0 Å². The molecule has 0 radical (unpaired) electrons. The molecule has 0 aromatic heterocycles. The molecule has 1 N–H and O–H groups in total. The molecule has 4 nitrogen and oxygen atoms in total. The molecule has 0 aliphatic rings. The van der Waals surface area contributed by atoms with Crippen LogP contribution in [0.2, 0.25) is 0 Å². The molecule has 0 aliphatic heterocycles. The Labute approximate surface area is 190 Å². The fourth-order valence-corrected chi connectivity index (χ4v) is 4.13. The number of unbranched alkanes of at least 4 members (excludes halogenated alkanes) is 11. The SMILES string of the molecule is CCCCCCCCCCCCCCC(O)CN(CCCN(C)C)CCCN(C)C. The van der Waals surface area contributed by atoms with Crippen molar-refractivity contribution >= 4 is 0 Å². The average Bonchev–Trinajstić information content (AvgIpc) is 2.68. The topological polar surface area (TPSA) is 30.0 Å². The first kappa shape index (κ1) is 29.8. The minimum atomic E-state index is -0.160. The molecule has 0 rings (SSSR count). The van der Waals surface area contributed by atoms with Crippen LogP contribution >= 0.6 is 0 Å². The van der Waals surface area contributed by atoms with E-state index in [-0.39, 0.29) is 6.10 Å². The van der Waals surface area contributed by atoms with Crippen molar-refractivity contribution in [3.63, 3.8) is 0 Å². The van der Waals surface area contributed by atoms with Gasteiger partial charge in [0.05, 0.1) is 6.10 Å². The highest BCUT2D eigenvalue weighted by molar-refractivity contribution is 4.67. The zero-order valence-corrected chi connectivity index (χ0v) is 21.5. The maximum Gasteiger partial charge on any atom is 0.0667 e. The Morgan fingerprint density at radius 2 is 0.933 bits per heavy atom. The molecular formula is C26H57N3O. The maximum absolute atomic E-state index is 10.5. The second-order valence-corrected chi connectivity index (χ2v) is 9.95. The van der Waals surface area contributed by atoms with Crippen LogP contribution in [0.5, 0.6) is 0 Å². The summed E-state index contributed by atoms with van der Waals surface area (Å²) in [5, 5.41) is 10.5. The second kappa shape index (κ2) is 22.0. The van der Waals surface area contributed by atoms with Crippen molar-refractivity contribution in [2.45, 2.75) is 109 Å². The molecule has 0 amide bonds. The van der Waals surface area contributed by atoms with Crippen molar-refractivity contribution in [1.29, 1.82) is 0 Å². The summed E-state index contributed by atoms with van der Waals surface area (Å²) in [6.45, 7) is 7.58. The third-order valence-electron chi connectivity index (χ3n) is 6.02. The van der Waals surface area contributed by atoms with E-state index in [1.807, 2.05) is 0 Å². The number of nitrogens with zero attached hydrogens (tertiary/aromatic N) is 3. The summed E-state index contributed by atoms with van der Waals surface area (Å²) in [6, 6.07) is 0. The van der Waals surface area contributed by atoms with Gasteiger partial charge in [-0.25, -0.2) is 0 Å². The highest BCUT2D eigenvalue weighted by Crippen LogP contribution is 2.13. The van der Waals surface area contributed by atoms with Crippen molar-refractivity contribution in [2.75, 3.05) is 60.9 Å². The summed E-state index contributed by atoms with van der Waals surface area (Å²) in [6.07, 6.45) is 19.7. The summed E-state index contributed by atoms with van der Waals surface area (Å²) < 4.78 is 0. The minimum absolute atomic E-state index is 0.160. The van der Waals surface area contributed by atoms with Crippen LogP contribution in [0.1, 0.15) is 103 Å². The van der Waals surface area contributed by atoms with Crippen molar-refractivity contribution < 1.29 is 5.11 Å². The van der Waals surface area contributed by atoms with Gasteiger partial charge in [-0.3, -0.25) is 0 Å². The molecule has 0 saturated carbocycles. The van der Waals surface area contributed by atoms with Crippen LogP contribution in [0.3, 0.4) is 0 Å². The zero-order chi connectivity index (χ0) is 22.5. The summed E-state index contributed by atoms with van der Waals surface area (Å²) in [5.74, 6) is 0. The number of hydrogen-bond donors (Lipinski definition) is 1.